The molecule has 0 aliphatic rings. The van der Waals surface area contributed by atoms with E-state index in [1.807, 2.05) is 0 Å². The largest absolute Gasteiger partial charge is 0.288 e. The van der Waals surface area contributed by atoms with Crippen LogP contribution >= 0.6 is 0 Å². The van der Waals surface area contributed by atoms with Crippen LogP contribution in [0.15, 0.2) is 30.3 Å². The van der Waals surface area contributed by atoms with Crippen LogP contribution in [0.1, 0.15) is 15.9 Å². The van der Waals surface area contributed by atoms with Gasteiger partial charge in [-0.15, -0.1) is 0 Å². The molecule has 0 unspecified atom stereocenters. The third-order valence-electron chi connectivity index (χ3n) is 2.47. The first-order valence-electron chi connectivity index (χ1n) is 5.05. The lowest BCUT2D eigenvalue weighted by atomic mass is 10.0. The van der Waals surface area contributed by atoms with Crippen molar-refractivity contribution in [2.24, 2.45) is 0 Å². The van der Waals surface area contributed by atoms with Crippen LogP contribution < -0.4 is 0 Å². The summed E-state index contributed by atoms with van der Waals surface area (Å²) in [5.41, 5.74) is -1.96. The highest BCUT2D eigenvalue weighted by Crippen LogP contribution is 2.21. The Kier molecular flexibility index (Phi) is 3.33. The summed E-state index contributed by atoms with van der Waals surface area (Å²) in [5, 5.41) is 0. The van der Waals surface area contributed by atoms with E-state index >= 15 is 0 Å². The van der Waals surface area contributed by atoms with Gasteiger partial charge in [-0.2, -0.15) is 0 Å². The Morgan fingerprint density at radius 3 is 1.89 bits per heavy atom. The maximum absolute atomic E-state index is 13.4. The molecule has 98 valence electrons. The van der Waals surface area contributed by atoms with Crippen molar-refractivity contribution >= 4 is 5.78 Å². The Morgan fingerprint density at radius 1 is 0.737 bits per heavy atom. The molecule has 2 aromatic rings. The number of hydrogen-bond donors (Lipinski definition) is 0. The van der Waals surface area contributed by atoms with Gasteiger partial charge in [0.25, 0.3) is 0 Å². The van der Waals surface area contributed by atoms with Gasteiger partial charge in [0, 0.05) is 0 Å². The van der Waals surface area contributed by atoms with Crippen molar-refractivity contribution in [3.8, 4) is 0 Å². The first kappa shape index (κ1) is 13.2. The van der Waals surface area contributed by atoms with E-state index in [2.05, 4.69) is 0 Å². The van der Waals surface area contributed by atoms with E-state index in [1.165, 1.54) is 0 Å². The fourth-order valence-electron chi connectivity index (χ4n) is 1.55. The van der Waals surface area contributed by atoms with Gasteiger partial charge in [0.2, 0.25) is 5.78 Å². The molecule has 0 aromatic heterocycles. The molecule has 0 bridgehead atoms. The molecular formula is C13H5F5O. The molecule has 1 nitrogen and oxygen atoms in total. The average molecular weight is 272 g/mol. The predicted molar refractivity (Wildman–Crippen MR) is 56.1 cm³/mol. The van der Waals surface area contributed by atoms with Crippen LogP contribution in [0.2, 0.25) is 0 Å². The number of halogens is 5. The first-order valence-corrected chi connectivity index (χ1v) is 5.05. The molecule has 0 radical (unpaired) electrons. The van der Waals surface area contributed by atoms with E-state index < -0.39 is 46.0 Å². The van der Waals surface area contributed by atoms with E-state index in [0.717, 1.165) is 18.2 Å². The van der Waals surface area contributed by atoms with Gasteiger partial charge in [0.15, 0.2) is 17.5 Å². The minimum absolute atomic E-state index is 0.504. The number of carbonyl (C=O) groups excluding carboxylic acids is 1. The second kappa shape index (κ2) is 4.79. The lowest BCUT2D eigenvalue weighted by molar-refractivity contribution is 0.102. The molecule has 0 N–H and O–H groups in total. The van der Waals surface area contributed by atoms with Gasteiger partial charge >= 0.3 is 0 Å². The molecule has 0 atom stereocenters. The Morgan fingerprint density at radius 2 is 1.32 bits per heavy atom. The number of hydrogen-bond acceptors (Lipinski definition) is 1. The molecule has 0 saturated heterocycles. The van der Waals surface area contributed by atoms with Gasteiger partial charge in [-0.3, -0.25) is 4.79 Å². The van der Waals surface area contributed by atoms with Gasteiger partial charge < -0.3 is 0 Å². The Hall–Kier alpha value is -2.24. The Bertz CT molecular complexity index is 646. The van der Waals surface area contributed by atoms with Crippen molar-refractivity contribution in [1.29, 1.82) is 0 Å². The third-order valence-corrected chi connectivity index (χ3v) is 2.47. The van der Waals surface area contributed by atoms with E-state index in [0.29, 0.717) is 12.1 Å². The zero-order valence-electron chi connectivity index (χ0n) is 9.18. The van der Waals surface area contributed by atoms with Gasteiger partial charge in [0.1, 0.15) is 11.6 Å². The minimum atomic E-state index is -1.87. The quantitative estimate of drug-likeness (QED) is 0.463. The molecule has 0 aliphatic heterocycles. The molecule has 0 amide bonds. The summed E-state index contributed by atoms with van der Waals surface area (Å²) >= 11 is 0. The molecule has 2 aromatic carbocycles. The number of ketones is 1. The second-order valence-electron chi connectivity index (χ2n) is 3.65. The molecule has 0 heterocycles. The van der Waals surface area contributed by atoms with Crippen LogP contribution in [0.3, 0.4) is 0 Å². The Labute approximate surface area is 104 Å². The summed E-state index contributed by atoms with van der Waals surface area (Å²) < 4.78 is 65.8. The van der Waals surface area contributed by atoms with Crippen LogP contribution in [-0.4, -0.2) is 5.78 Å². The molecule has 0 aliphatic carbocycles. The van der Waals surface area contributed by atoms with Gasteiger partial charge in [-0.1, -0.05) is 6.07 Å². The lowest BCUT2D eigenvalue weighted by Crippen LogP contribution is -2.11. The van der Waals surface area contributed by atoms with Crippen molar-refractivity contribution in [2.45, 2.75) is 0 Å². The molecule has 2 rings (SSSR count). The number of rotatable bonds is 2. The Balaban J connectivity index is 2.60. The van der Waals surface area contributed by atoms with Crippen molar-refractivity contribution in [1.82, 2.24) is 0 Å². The second-order valence-corrected chi connectivity index (χ2v) is 3.65. The molecule has 0 fully saturated rings. The zero-order valence-corrected chi connectivity index (χ0v) is 9.18. The highest BCUT2D eigenvalue weighted by molar-refractivity contribution is 6.09. The minimum Gasteiger partial charge on any atom is -0.288 e. The monoisotopic (exact) mass is 272 g/mol. The van der Waals surface area contributed by atoms with Gasteiger partial charge in [-0.25, -0.2) is 22.0 Å². The summed E-state index contributed by atoms with van der Waals surface area (Å²) in [6.45, 7) is 0. The van der Waals surface area contributed by atoms with Crippen LogP contribution in [0, 0.1) is 29.1 Å². The van der Waals surface area contributed by atoms with E-state index in [-0.39, 0.29) is 0 Å². The van der Waals surface area contributed by atoms with Gasteiger partial charge in [0.05, 0.1) is 11.1 Å². The van der Waals surface area contributed by atoms with E-state index in [9.17, 15) is 26.7 Å². The van der Waals surface area contributed by atoms with Crippen molar-refractivity contribution < 1.29 is 26.7 Å². The lowest BCUT2D eigenvalue weighted by Gasteiger charge is -2.06. The van der Waals surface area contributed by atoms with Crippen molar-refractivity contribution in [3.05, 3.63) is 70.5 Å². The summed E-state index contributed by atoms with van der Waals surface area (Å²) in [6.07, 6.45) is 0. The van der Waals surface area contributed by atoms with Crippen molar-refractivity contribution in [3.63, 3.8) is 0 Å². The highest BCUT2D eigenvalue weighted by Gasteiger charge is 2.24. The van der Waals surface area contributed by atoms with Crippen molar-refractivity contribution in [2.75, 3.05) is 0 Å². The third kappa shape index (κ3) is 2.21. The van der Waals surface area contributed by atoms with Crippen LogP contribution in [-0.2, 0) is 0 Å². The molecular weight excluding hydrogens is 267 g/mol. The molecule has 19 heavy (non-hydrogen) atoms. The molecule has 0 saturated carbocycles. The zero-order chi connectivity index (χ0) is 14.2. The average Bonchev–Trinajstić information content (AvgIpc) is 2.35. The first-order chi connectivity index (χ1) is 8.93. The number of benzene rings is 2. The van der Waals surface area contributed by atoms with Crippen LogP contribution in [0.25, 0.3) is 0 Å². The van der Waals surface area contributed by atoms with Crippen LogP contribution in [0.5, 0.6) is 0 Å². The fourth-order valence-corrected chi connectivity index (χ4v) is 1.55. The summed E-state index contributed by atoms with van der Waals surface area (Å²) in [5.74, 6) is -8.98. The maximum atomic E-state index is 13.4. The predicted octanol–water partition coefficient (Wildman–Crippen LogP) is 3.61. The van der Waals surface area contributed by atoms with E-state index in [4.69, 9.17) is 0 Å². The van der Waals surface area contributed by atoms with Crippen LogP contribution in [0.4, 0.5) is 22.0 Å². The normalized spacial score (nSPS) is 10.6. The van der Waals surface area contributed by atoms with Gasteiger partial charge in [-0.05, 0) is 24.3 Å². The number of carbonyl (C=O) groups is 1. The summed E-state index contributed by atoms with van der Waals surface area (Å²) in [6, 6.07) is 3.75. The van der Waals surface area contributed by atoms with E-state index in [1.54, 1.807) is 0 Å². The molecule has 6 heteroatoms. The topological polar surface area (TPSA) is 17.1 Å². The standard InChI is InChI=1S/C13H5F5O/c14-7-2-1-3-8(15)10(7)13(19)6-4-5-9(16)12(18)11(6)17/h1-5H. The summed E-state index contributed by atoms with van der Waals surface area (Å²) in [7, 11) is 0. The summed E-state index contributed by atoms with van der Waals surface area (Å²) in [4.78, 5) is 11.8. The molecule has 0 spiro atoms. The highest BCUT2D eigenvalue weighted by atomic mass is 19.2. The fraction of sp³-hybridized carbons (Fsp3) is 0. The SMILES string of the molecule is O=C(c1ccc(F)c(F)c1F)c1c(F)cccc1F. The smallest absolute Gasteiger partial charge is 0.201 e. The maximum Gasteiger partial charge on any atom is 0.201 e.